The highest BCUT2D eigenvalue weighted by Crippen LogP contribution is 2.34. The van der Waals surface area contributed by atoms with Gasteiger partial charge in [-0.05, 0) is 54.5 Å². The van der Waals surface area contributed by atoms with Gasteiger partial charge in [0.05, 0.1) is 0 Å². The second-order valence-corrected chi connectivity index (χ2v) is 6.16. The Morgan fingerprint density at radius 2 is 1.95 bits per heavy atom. The van der Waals surface area contributed by atoms with Crippen LogP contribution in [0.1, 0.15) is 38.7 Å². The molecule has 1 aromatic rings. The molecule has 1 heterocycles. The van der Waals surface area contributed by atoms with Gasteiger partial charge in [0.25, 0.3) is 0 Å². The molecule has 1 fully saturated rings. The fourth-order valence-electron chi connectivity index (χ4n) is 2.80. The zero-order valence-electron chi connectivity index (χ0n) is 12.3. The molecule has 2 rings (SSSR count). The van der Waals surface area contributed by atoms with Crippen molar-refractivity contribution in [2.45, 2.75) is 39.7 Å². The first-order chi connectivity index (χ1) is 9.43. The van der Waals surface area contributed by atoms with Gasteiger partial charge in [-0.2, -0.15) is 0 Å². The van der Waals surface area contributed by atoms with E-state index in [4.69, 9.17) is 0 Å². The van der Waals surface area contributed by atoms with E-state index >= 15 is 0 Å². The van der Waals surface area contributed by atoms with Crippen LogP contribution in [-0.2, 0) is 6.54 Å². The fraction of sp³-hybridized carbons (Fsp3) is 0.600. The van der Waals surface area contributed by atoms with E-state index in [0.717, 1.165) is 31.5 Å². The van der Waals surface area contributed by atoms with E-state index in [0.29, 0.717) is 12.0 Å². The maximum absolute atomic E-state index is 13.2. The molecule has 0 amide bonds. The van der Waals surface area contributed by atoms with Gasteiger partial charge < -0.3 is 10.0 Å². The molecule has 1 aliphatic heterocycles. The number of hydrogen-bond donors (Lipinski definition) is 2. The Bertz CT molecular complexity index is 459. The zero-order valence-corrected chi connectivity index (χ0v) is 12.3. The highest BCUT2D eigenvalue weighted by molar-refractivity contribution is 6.59. The topological polar surface area (TPSA) is 43.7 Å². The predicted octanol–water partition coefficient (Wildman–Crippen LogP) is 1.52. The average Bonchev–Trinajstić information content (AvgIpc) is 2.43. The molecule has 0 radical (unpaired) electrons. The second kappa shape index (κ2) is 6.25. The first-order valence-corrected chi connectivity index (χ1v) is 7.30. The molecule has 0 saturated carbocycles. The first kappa shape index (κ1) is 15.5. The van der Waals surface area contributed by atoms with Gasteiger partial charge in [0.15, 0.2) is 0 Å². The summed E-state index contributed by atoms with van der Waals surface area (Å²) in [4.78, 5) is 2.30. The number of hydrogen-bond acceptors (Lipinski definition) is 3. The van der Waals surface area contributed by atoms with Gasteiger partial charge in [0.1, 0.15) is 5.82 Å². The highest BCUT2D eigenvalue weighted by Gasteiger charge is 2.28. The molecule has 1 aliphatic rings. The summed E-state index contributed by atoms with van der Waals surface area (Å²) in [5.41, 5.74) is 1.49. The van der Waals surface area contributed by atoms with Crippen molar-refractivity contribution in [2.24, 2.45) is 5.41 Å². The number of piperidine rings is 1. The number of benzene rings is 1. The van der Waals surface area contributed by atoms with Crippen molar-refractivity contribution in [1.29, 1.82) is 0 Å². The van der Waals surface area contributed by atoms with Crippen molar-refractivity contribution >= 4 is 12.6 Å². The van der Waals surface area contributed by atoms with E-state index in [1.807, 2.05) is 0 Å². The molecule has 0 aliphatic carbocycles. The number of halogens is 1. The lowest BCUT2D eigenvalue weighted by Gasteiger charge is -2.39. The van der Waals surface area contributed by atoms with Gasteiger partial charge in [-0.3, -0.25) is 4.90 Å². The number of rotatable bonds is 4. The molecule has 20 heavy (non-hydrogen) atoms. The normalized spacial score (nSPS) is 19.1. The second-order valence-electron chi connectivity index (χ2n) is 6.16. The van der Waals surface area contributed by atoms with Gasteiger partial charge in [-0.15, -0.1) is 0 Å². The fourth-order valence-corrected chi connectivity index (χ4v) is 2.80. The SMILES string of the molecule is CCC1(C)CCN(Cc2ccc(F)cc2B(O)O)CC1. The molecule has 2 N–H and O–H groups in total. The van der Waals surface area contributed by atoms with Gasteiger partial charge in [-0.1, -0.05) is 26.3 Å². The van der Waals surface area contributed by atoms with E-state index in [1.54, 1.807) is 6.07 Å². The molecule has 1 aromatic carbocycles. The smallest absolute Gasteiger partial charge is 0.423 e. The van der Waals surface area contributed by atoms with Crippen LogP contribution in [0.2, 0.25) is 0 Å². The molecule has 0 atom stereocenters. The van der Waals surface area contributed by atoms with Crippen molar-refractivity contribution in [2.75, 3.05) is 13.1 Å². The summed E-state index contributed by atoms with van der Waals surface area (Å²) in [6, 6.07) is 4.24. The summed E-state index contributed by atoms with van der Waals surface area (Å²) >= 11 is 0. The quantitative estimate of drug-likeness (QED) is 0.821. The molecule has 0 bridgehead atoms. The molecule has 3 nitrogen and oxygen atoms in total. The van der Waals surface area contributed by atoms with E-state index in [-0.39, 0.29) is 5.46 Å². The van der Waals surface area contributed by atoms with E-state index < -0.39 is 12.9 Å². The summed E-state index contributed by atoms with van der Waals surface area (Å²) in [5, 5.41) is 18.7. The minimum Gasteiger partial charge on any atom is -0.423 e. The van der Waals surface area contributed by atoms with Crippen LogP contribution in [0, 0.1) is 11.2 Å². The predicted molar refractivity (Wildman–Crippen MR) is 79.1 cm³/mol. The first-order valence-electron chi connectivity index (χ1n) is 7.30. The summed E-state index contributed by atoms with van der Waals surface area (Å²) in [6.07, 6.45) is 3.50. The molecular formula is C15H23BFNO2. The van der Waals surface area contributed by atoms with E-state index in [2.05, 4.69) is 18.7 Å². The van der Waals surface area contributed by atoms with Crippen molar-refractivity contribution in [3.8, 4) is 0 Å². The summed E-state index contributed by atoms with van der Waals surface area (Å²) in [6.45, 7) is 7.21. The third-order valence-electron chi connectivity index (χ3n) is 4.70. The molecule has 0 aromatic heterocycles. The lowest BCUT2D eigenvalue weighted by molar-refractivity contribution is 0.110. The number of nitrogens with zero attached hydrogens (tertiary/aromatic N) is 1. The Hall–Kier alpha value is -0.905. The molecular weight excluding hydrogens is 256 g/mol. The summed E-state index contributed by atoms with van der Waals surface area (Å²) < 4.78 is 13.2. The van der Waals surface area contributed by atoms with Crippen LogP contribution in [0.3, 0.4) is 0 Å². The minimum atomic E-state index is -1.62. The Balaban J connectivity index is 2.05. The van der Waals surface area contributed by atoms with Crippen LogP contribution in [0.4, 0.5) is 4.39 Å². The van der Waals surface area contributed by atoms with Gasteiger partial charge >= 0.3 is 7.12 Å². The average molecular weight is 279 g/mol. The van der Waals surface area contributed by atoms with Crippen LogP contribution in [0.15, 0.2) is 18.2 Å². The van der Waals surface area contributed by atoms with E-state index in [1.165, 1.54) is 18.6 Å². The maximum atomic E-state index is 13.2. The standard InChI is InChI=1S/C15H23BFNO2/c1-3-15(2)6-8-18(9-7-15)11-12-4-5-13(17)10-14(12)16(19)20/h4-5,10,19-20H,3,6-9,11H2,1-2H3. The van der Waals surface area contributed by atoms with Crippen LogP contribution >= 0.6 is 0 Å². The Morgan fingerprint density at radius 1 is 1.30 bits per heavy atom. The van der Waals surface area contributed by atoms with Crippen LogP contribution in [-0.4, -0.2) is 35.2 Å². The van der Waals surface area contributed by atoms with Gasteiger partial charge in [0.2, 0.25) is 0 Å². The Morgan fingerprint density at radius 3 is 2.50 bits per heavy atom. The van der Waals surface area contributed by atoms with Gasteiger partial charge in [-0.25, -0.2) is 4.39 Å². The maximum Gasteiger partial charge on any atom is 0.488 e. The Labute approximate surface area is 120 Å². The molecule has 5 heteroatoms. The van der Waals surface area contributed by atoms with Crippen molar-refractivity contribution in [1.82, 2.24) is 4.90 Å². The monoisotopic (exact) mass is 279 g/mol. The third-order valence-corrected chi connectivity index (χ3v) is 4.70. The van der Waals surface area contributed by atoms with Crippen molar-refractivity contribution in [3.63, 3.8) is 0 Å². The summed E-state index contributed by atoms with van der Waals surface area (Å²) in [7, 11) is -1.62. The molecule has 1 saturated heterocycles. The largest absolute Gasteiger partial charge is 0.488 e. The molecule has 0 spiro atoms. The summed E-state index contributed by atoms with van der Waals surface area (Å²) in [5.74, 6) is -0.436. The minimum absolute atomic E-state index is 0.272. The highest BCUT2D eigenvalue weighted by atomic mass is 19.1. The van der Waals surface area contributed by atoms with Crippen LogP contribution in [0.5, 0.6) is 0 Å². The third kappa shape index (κ3) is 3.60. The molecule has 110 valence electrons. The Kier molecular flexibility index (Phi) is 4.84. The van der Waals surface area contributed by atoms with Crippen molar-refractivity contribution < 1.29 is 14.4 Å². The van der Waals surface area contributed by atoms with E-state index in [9.17, 15) is 14.4 Å². The molecule has 0 unspecified atom stereocenters. The zero-order chi connectivity index (χ0) is 14.8. The number of likely N-dealkylation sites (tertiary alicyclic amines) is 1. The lowest BCUT2D eigenvalue weighted by Crippen LogP contribution is -2.41. The lowest BCUT2D eigenvalue weighted by atomic mass is 9.76. The van der Waals surface area contributed by atoms with Crippen molar-refractivity contribution in [3.05, 3.63) is 29.6 Å². The van der Waals surface area contributed by atoms with Gasteiger partial charge in [0, 0.05) is 6.54 Å². The van der Waals surface area contributed by atoms with Crippen LogP contribution < -0.4 is 5.46 Å². The van der Waals surface area contributed by atoms with Crippen LogP contribution in [0.25, 0.3) is 0 Å².